The van der Waals surface area contributed by atoms with Crippen LogP contribution in [-0.2, 0) is 0 Å². The topological polar surface area (TPSA) is 20.2 Å². The van der Waals surface area contributed by atoms with Crippen LogP contribution in [0.4, 0.5) is 0 Å². The minimum Gasteiger partial charge on any atom is -0.513 e. The zero-order chi connectivity index (χ0) is 11.1. The van der Waals surface area contributed by atoms with E-state index in [0.717, 1.165) is 5.57 Å². The summed E-state index contributed by atoms with van der Waals surface area (Å²) >= 11 is 0. The summed E-state index contributed by atoms with van der Waals surface area (Å²) in [5.41, 5.74) is 0.917. The molecule has 0 aromatic carbocycles. The van der Waals surface area contributed by atoms with Crippen LogP contribution in [0, 0.1) is 17.8 Å². The second-order valence-electron chi connectivity index (χ2n) is 3.47. The molecule has 1 heteroatoms. The zero-order valence-electron chi connectivity index (χ0n) is 9.15. The molecule has 0 aliphatic carbocycles. The Labute approximate surface area is 82.2 Å². The third kappa shape index (κ3) is 8.75. The summed E-state index contributed by atoms with van der Waals surface area (Å²) < 4.78 is 0. The number of terminal acetylenes is 1. The third-order valence-electron chi connectivity index (χ3n) is 1.84. The van der Waals surface area contributed by atoms with E-state index in [0.29, 0.717) is 6.42 Å². The van der Waals surface area contributed by atoms with Gasteiger partial charge in [-0.1, -0.05) is 31.6 Å². The first kappa shape index (κ1) is 14.4. The van der Waals surface area contributed by atoms with Crippen LogP contribution in [0.1, 0.15) is 34.1 Å². The first-order valence-electron chi connectivity index (χ1n) is 4.28. The van der Waals surface area contributed by atoms with E-state index in [4.69, 9.17) is 11.5 Å². The molecule has 0 rings (SSSR count). The Morgan fingerprint density at radius 2 is 1.77 bits per heavy atom. The molecule has 13 heavy (non-hydrogen) atoms. The molecule has 0 aromatic heterocycles. The summed E-state index contributed by atoms with van der Waals surface area (Å²) in [7, 11) is 0. The highest BCUT2D eigenvalue weighted by Crippen LogP contribution is 2.21. The van der Waals surface area contributed by atoms with Crippen molar-refractivity contribution in [1.82, 2.24) is 0 Å². The standard InChI is InChI=1S/C8H12.C4H8O/c1-6-8(4,5)7(2)3;1-3-4(2)5/h1H,2H2,3-5H3;5H,2-3H2,1H3. The van der Waals surface area contributed by atoms with Crippen LogP contribution in [0.5, 0.6) is 0 Å². The summed E-state index contributed by atoms with van der Waals surface area (Å²) in [6, 6.07) is 0. The molecule has 0 aliphatic heterocycles. The predicted molar refractivity (Wildman–Crippen MR) is 59.5 cm³/mol. The summed E-state index contributed by atoms with van der Waals surface area (Å²) in [4.78, 5) is 0. The molecule has 0 amide bonds. The second-order valence-corrected chi connectivity index (χ2v) is 3.47. The second kappa shape index (κ2) is 6.37. The van der Waals surface area contributed by atoms with Crippen LogP contribution in [0.15, 0.2) is 24.5 Å². The Kier molecular flexibility index (Phi) is 7.04. The first-order valence-corrected chi connectivity index (χ1v) is 4.28. The number of aliphatic hydroxyl groups is 1. The molecule has 0 spiro atoms. The van der Waals surface area contributed by atoms with Crippen LogP contribution >= 0.6 is 0 Å². The Morgan fingerprint density at radius 3 is 1.77 bits per heavy atom. The van der Waals surface area contributed by atoms with Crippen molar-refractivity contribution < 1.29 is 5.11 Å². The van der Waals surface area contributed by atoms with Gasteiger partial charge in [-0.15, -0.1) is 6.42 Å². The number of aliphatic hydroxyl groups excluding tert-OH is 1. The van der Waals surface area contributed by atoms with Crippen molar-refractivity contribution in [3.63, 3.8) is 0 Å². The van der Waals surface area contributed by atoms with Crippen molar-refractivity contribution in [2.75, 3.05) is 0 Å². The summed E-state index contributed by atoms with van der Waals surface area (Å²) in [6.07, 6.45) is 5.86. The van der Waals surface area contributed by atoms with Crippen molar-refractivity contribution in [3.8, 4) is 12.3 Å². The molecule has 1 nitrogen and oxygen atoms in total. The molecule has 0 radical (unpaired) electrons. The van der Waals surface area contributed by atoms with E-state index in [1.807, 2.05) is 27.7 Å². The Morgan fingerprint density at radius 1 is 1.46 bits per heavy atom. The van der Waals surface area contributed by atoms with Gasteiger partial charge in [-0.2, -0.15) is 0 Å². The molecule has 0 fully saturated rings. The van der Waals surface area contributed by atoms with Gasteiger partial charge >= 0.3 is 0 Å². The Hall–Kier alpha value is -1.16. The van der Waals surface area contributed by atoms with Gasteiger partial charge in [0.1, 0.15) is 0 Å². The van der Waals surface area contributed by atoms with Crippen molar-refractivity contribution in [2.45, 2.75) is 34.1 Å². The highest BCUT2D eigenvalue weighted by molar-refractivity contribution is 5.18. The van der Waals surface area contributed by atoms with Crippen molar-refractivity contribution >= 4 is 0 Å². The predicted octanol–water partition coefficient (Wildman–Crippen LogP) is 3.69. The number of hydrogen-bond acceptors (Lipinski definition) is 1. The lowest BCUT2D eigenvalue weighted by Crippen LogP contribution is -2.07. The van der Waals surface area contributed by atoms with Gasteiger partial charge in [-0.05, 0) is 20.8 Å². The lowest BCUT2D eigenvalue weighted by atomic mass is 9.88. The van der Waals surface area contributed by atoms with Gasteiger partial charge < -0.3 is 5.11 Å². The molecule has 1 N–H and O–H groups in total. The van der Waals surface area contributed by atoms with Crippen LogP contribution < -0.4 is 0 Å². The van der Waals surface area contributed by atoms with Crippen molar-refractivity contribution in [1.29, 1.82) is 0 Å². The van der Waals surface area contributed by atoms with E-state index in [1.165, 1.54) is 0 Å². The summed E-state index contributed by atoms with van der Waals surface area (Å²) in [5.74, 6) is 2.90. The molecule has 0 saturated carbocycles. The fourth-order valence-electron chi connectivity index (χ4n) is 0.123. The van der Waals surface area contributed by atoms with Gasteiger partial charge in [-0.3, -0.25) is 0 Å². The van der Waals surface area contributed by atoms with E-state index in [2.05, 4.69) is 19.1 Å². The van der Waals surface area contributed by atoms with Gasteiger partial charge in [0, 0.05) is 11.8 Å². The number of hydrogen-bond donors (Lipinski definition) is 1. The van der Waals surface area contributed by atoms with Gasteiger partial charge in [0.05, 0.1) is 5.76 Å². The smallest absolute Gasteiger partial charge is 0.0848 e. The molecule has 0 atom stereocenters. The Balaban J connectivity index is 0. The normalized spacial score (nSPS) is 9.15. The number of allylic oxidation sites excluding steroid dienone is 2. The Bertz CT molecular complexity index is 216. The van der Waals surface area contributed by atoms with Gasteiger partial charge in [0.2, 0.25) is 0 Å². The van der Waals surface area contributed by atoms with E-state index < -0.39 is 0 Å². The monoisotopic (exact) mass is 180 g/mol. The average Bonchev–Trinajstić information content (AvgIpc) is 2.05. The van der Waals surface area contributed by atoms with E-state index >= 15 is 0 Å². The fourth-order valence-corrected chi connectivity index (χ4v) is 0.123. The molecule has 0 heterocycles. The lowest BCUT2D eigenvalue weighted by molar-refractivity contribution is 0.397. The highest BCUT2D eigenvalue weighted by Gasteiger charge is 2.12. The fraction of sp³-hybridized carbons (Fsp3) is 0.500. The van der Waals surface area contributed by atoms with E-state index in [-0.39, 0.29) is 11.2 Å². The maximum atomic E-state index is 8.17. The molecule has 0 unspecified atom stereocenters. The van der Waals surface area contributed by atoms with Crippen LogP contribution in [-0.4, -0.2) is 5.11 Å². The third-order valence-corrected chi connectivity index (χ3v) is 1.84. The SMILES string of the molecule is C#CC(C)(C)C(=C)C.C=C(O)CC. The molecule has 0 aromatic rings. The molecular formula is C12H20O. The van der Waals surface area contributed by atoms with Crippen molar-refractivity contribution in [2.24, 2.45) is 5.41 Å². The zero-order valence-corrected chi connectivity index (χ0v) is 9.15. The van der Waals surface area contributed by atoms with E-state index in [9.17, 15) is 0 Å². The van der Waals surface area contributed by atoms with Gasteiger partial charge in [-0.25, -0.2) is 0 Å². The van der Waals surface area contributed by atoms with Crippen LogP contribution in [0.3, 0.4) is 0 Å². The quantitative estimate of drug-likeness (QED) is 0.390. The molecule has 0 saturated heterocycles. The minimum absolute atomic E-state index is 0.125. The molecule has 0 bridgehead atoms. The first-order chi connectivity index (χ1) is 5.77. The maximum absolute atomic E-state index is 8.17. The lowest BCUT2D eigenvalue weighted by Gasteiger charge is -2.15. The molecular weight excluding hydrogens is 160 g/mol. The largest absolute Gasteiger partial charge is 0.513 e. The molecule has 0 aliphatic rings. The summed E-state index contributed by atoms with van der Waals surface area (Å²) in [5, 5.41) is 8.17. The molecule has 74 valence electrons. The maximum Gasteiger partial charge on any atom is 0.0848 e. The van der Waals surface area contributed by atoms with Gasteiger partial charge in [0.25, 0.3) is 0 Å². The highest BCUT2D eigenvalue weighted by atomic mass is 16.3. The average molecular weight is 180 g/mol. The number of rotatable bonds is 2. The van der Waals surface area contributed by atoms with Crippen molar-refractivity contribution in [3.05, 3.63) is 24.5 Å². The van der Waals surface area contributed by atoms with Gasteiger partial charge in [0.15, 0.2) is 0 Å². The van der Waals surface area contributed by atoms with Crippen LogP contribution in [0.2, 0.25) is 0 Å². The van der Waals surface area contributed by atoms with E-state index in [1.54, 1.807) is 0 Å². The van der Waals surface area contributed by atoms with Crippen LogP contribution in [0.25, 0.3) is 0 Å². The summed E-state index contributed by atoms with van der Waals surface area (Å²) in [6.45, 7) is 14.7. The minimum atomic E-state index is -0.125.